The van der Waals surface area contributed by atoms with Crippen LogP contribution < -0.4 is 10.2 Å². The van der Waals surface area contributed by atoms with E-state index in [1.165, 1.54) is 0 Å². The van der Waals surface area contributed by atoms with Crippen molar-refractivity contribution in [3.8, 4) is 0 Å². The fourth-order valence-electron chi connectivity index (χ4n) is 2.73. The molecule has 0 spiro atoms. The van der Waals surface area contributed by atoms with Crippen LogP contribution in [-0.4, -0.2) is 50.0 Å². The molecule has 1 N–H and O–H groups in total. The summed E-state index contributed by atoms with van der Waals surface area (Å²) in [6.07, 6.45) is 2.46. The molecule has 0 radical (unpaired) electrons. The van der Waals surface area contributed by atoms with Crippen LogP contribution in [0.1, 0.15) is 31.2 Å². The zero-order valence-corrected chi connectivity index (χ0v) is 14.0. The maximum atomic E-state index is 11.7. The van der Waals surface area contributed by atoms with Crippen LogP contribution in [0.25, 0.3) is 0 Å². The number of hydrogen-bond donors (Lipinski definition) is 1. The second-order valence-electron chi connectivity index (χ2n) is 5.60. The van der Waals surface area contributed by atoms with Crippen molar-refractivity contribution in [2.45, 2.75) is 39.2 Å². The molecule has 0 aromatic carbocycles. The summed E-state index contributed by atoms with van der Waals surface area (Å²) in [5.41, 5.74) is 0.962. The van der Waals surface area contributed by atoms with Crippen LogP contribution in [-0.2, 0) is 16.3 Å². The monoisotopic (exact) mass is 312 g/mol. The summed E-state index contributed by atoms with van der Waals surface area (Å²) in [5.74, 6) is 2.93. The van der Waals surface area contributed by atoms with Gasteiger partial charge in [-0.15, -0.1) is 0 Å². The molecule has 6 nitrogen and oxygen atoms in total. The number of nitrogens with one attached hydrogen (secondary N) is 1. The number of anilines is 2. The number of nitrogens with zero attached hydrogens (tertiary/aromatic N) is 3. The molecule has 1 fully saturated rings. The standard InChI is InChI=1S/C14H24N4O2S/c1-5-6-12-16-13(15-3)10(2)14(17-12)18(4)11-7-8-21(19,20)9-11/h11H,5-9H2,1-4H3,(H,15,16,17). The lowest BCUT2D eigenvalue weighted by atomic mass is 10.2. The Morgan fingerprint density at radius 2 is 2.10 bits per heavy atom. The number of rotatable bonds is 5. The summed E-state index contributed by atoms with van der Waals surface area (Å²) in [7, 11) is 0.871. The van der Waals surface area contributed by atoms with Crippen LogP contribution in [0.4, 0.5) is 11.6 Å². The van der Waals surface area contributed by atoms with Gasteiger partial charge in [0.15, 0.2) is 9.84 Å². The first kappa shape index (κ1) is 16.0. The van der Waals surface area contributed by atoms with Crippen LogP contribution in [0.15, 0.2) is 0 Å². The maximum absolute atomic E-state index is 11.7. The minimum absolute atomic E-state index is 0.00258. The smallest absolute Gasteiger partial charge is 0.152 e. The minimum Gasteiger partial charge on any atom is -0.373 e. The normalized spacial score (nSPS) is 20.5. The fourth-order valence-corrected chi connectivity index (χ4v) is 4.50. The Hall–Kier alpha value is -1.37. The fraction of sp³-hybridized carbons (Fsp3) is 0.714. The Labute approximate surface area is 126 Å². The lowest BCUT2D eigenvalue weighted by molar-refractivity contribution is 0.600. The predicted molar refractivity (Wildman–Crippen MR) is 85.8 cm³/mol. The van der Waals surface area contributed by atoms with Gasteiger partial charge in [0.25, 0.3) is 0 Å². The second-order valence-corrected chi connectivity index (χ2v) is 7.83. The molecular formula is C14H24N4O2S. The van der Waals surface area contributed by atoms with Crippen molar-refractivity contribution < 1.29 is 8.42 Å². The first-order chi connectivity index (χ1) is 9.88. The summed E-state index contributed by atoms with van der Waals surface area (Å²) in [5, 5.41) is 3.10. The topological polar surface area (TPSA) is 75.2 Å². The molecule has 0 bridgehead atoms. The number of aryl methyl sites for hydroxylation is 1. The summed E-state index contributed by atoms with van der Waals surface area (Å²) in [6, 6.07) is 0.00258. The summed E-state index contributed by atoms with van der Waals surface area (Å²) < 4.78 is 23.4. The highest BCUT2D eigenvalue weighted by atomic mass is 32.2. The van der Waals surface area contributed by atoms with Crippen molar-refractivity contribution in [3.05, 3.63) is 11.4 Å². The molecule has 1 saturated heterocycles. The van der Waals surface area contributed by atoms with Gasteiger partial charge < -0.3 is 10.2 Å². The maximum Gasteiger partial charge on any atom is 0.152 e. The van der Waals surface area contributed by atoms with Gasteiger partial charge in [0.1, 0.15) is 17.5 Å². The van der Waals surface area contributed by atoms with Crippen molar-refractivity contribution in [2.24, 2.45) is 0 Å². The molecule has 118 valence electrons. The molecule has 2 rings (SSSR count). The number of sulfone groups is 1. The molecule has 1 aliphatic heterocycles. The quantitative estimate of drug-likeness (QED) is 0.886. The van der Waals surface area contributed by atoms with Gasteiger partial charge in [-0.3, -0.25) is 0 Å². The predicted octanol–water partition coefficient (Wildman–Crippen LogP) is 1.40. The van der Waals surface area contributed by atoms with E-state index < -0.39 is 9.84 Å². The van der Waals surface area contributed by atoms with Crippen molar-refractivity contribution in [1.82, 2.24) is 9.97 Å². The minimum atomic E-state index is -2.90. The molecule has 1 unspecified atom stereocenters. The third-order valence-corrected chi connectivity index (χ3v) is 5.72. The highest BCUT2D eigenvalue weighted by Crippen LogP contribution is 2.27. The Balaban J connectivity index is 2.35. The van der Waals surface area contributed by atoms with Crippen LogP contribution in [0.3, 0.4) is 0 Å². The van der Waals surface area contributed by atoms with E-state index in [0.717, 1.165) is 35.9 Å². The van der Waals surface area contributed by atoms with Crippen LogP contribution in [0.5, 0.6) is 0 Å². The molecular weight excluding hydrogens is 288 g/mol. The Bertz CT molecular complexity index is 616. The molecule has 21 heavy (non-hydrogen) atoms. The van der Waals surface area contributed by atoms with Gasteiger partial charge in [-0.05, 0) is 19.8 Å². The van der Waals surface area contributed by atoms with E-state index in [4.69, 9.17) is 0 Å². The van der Waals surface area contributed by atoms with Gasteiger partial charge in [0, 0.05) is 32.1 Å². The van der Waals surface area contributed by atoms with Crippen molar-refractivity contribution >= 4 is 21.5 Å². The van der Waals surface area contributed by atoms with Crippen molar-refractivity contribution in [2.75, 3.05) is 35.8 Å². The first-order valence-electron chi connectivity index (χ1n) is 7.36. The molecule has 7 heteroatoms. The van der Waals surface area contributed by atoms with Crippen LogP contribution >= 0.6 is 0 Å². The van der Waals surface area contributed by atoms with Crippen molar-refractivity contribution in [1.29, 1.82) is 0 Å². The summed E-state index contributed by atoms with van der Waals surface area (Å²) >= 11 is 0. The van der Waals surface area contributed by atoms with Crippen LogP contribution in [0, 0.1) is 6.92 Å². The molecule has 1 aromatic heterocycles. The number of hydrogen-bond acceptors (Lipinski definition) is 6. The van der Waals surface area contributed by atoms with E-state index in [1.807, 2.05) is 25.9 Å². The Morgan fingerprint density at radius 1 is 1.38 bits per heavy atom. The van der Waals surface area contributed by atoms with Crippen molar-refractivity contribution in [3.63, 3.8) is 0 Å². The number of aromatic nitrogens is 2. The highest BCUT2D eigenvalue weighted by Gasteiger charge is 2.32. The third kappa shape index (κ3) is 3.45. The average molecular weight is 312 g/mol. The Morgan fingerprint density at radius 3 is 2.62 bits per heavy atom. The zero-order chi connectivity index (χ0) is 15.6. The van der Waals surface area contributed by atoms with Gasteiger partial charge in [-0.1, -0.05) is 6.92 Å². The molecule has 0 saturated carbocycles. The van der Waals surface area contributed by atoms with Gasteiger partial charge in [0.2, 0.25) is 0 Å². The van der Waals surface area contributed by atoms with Gasteiger partial charge >= 0.3 is 0 Å². The molecule has 1 aromatic rings. The van der Waals surface area contributed by atoms with E-state index in [1.54, 1.807) is 0 Å². The molecule has 2 heterocycles. The summed E-state index contributed by atoms with van der Waals surface area (Å²) in [4.78, 5) is 11.2. The first-order valence-corrected chi connectivity index (χ1v) is 9.18. The zero-order valence-electron chi connectivity index (χ0n) is 13.2. The van der Waals surface area contributed by atoms with Crippen LogP contribution in [0.2, 0.25) is 0 Å². The molecule has 1 aliphatic rings. The van der Waals surface area contributed by atoms with E-state index in [2.05, 4.69) is 22.2 Å². The van der Waals surface area contributed by atoms with E-state index in [0.29, 0.717) is 6.42 Å². The SMILES string of the molecule is CCCc1nc(NC)c(C)c(N(C)C2CCS(=O)(=O)C2)n1. The van der Waals surface area contributed by atoms with E-state index in [9.17, 15) is 8.42 Å². The molecule has 0 aliphatic carbocycles. The van der Waals surface area contributed by atoms with Gasteiger partial charge in [-0.2, -0.15) is 0 Å². The average Bonchev–Trinajstić information content (AvgIpc) is 2.80. The van der Waals surface area contributed by atoms with E-state index >= 15 is 0 Å². The second kappa shape index (κ2) is 6.17. The largest absolute Gasteiger partial charge is 0.373 e. The van der Waals surface area contributed by atoms with E-state index in [-0.39, 0.29) is 17.5 Å². The lowest BCUT2D eigenvalue weighted by Gasteiger charge is -2.27. The molecule has 0 amide bonds. The highest BCUT2D eigenvalue weighted by molar-refractivity contribution is 7.91. The Kier molecular flexibility index (Phi) is 4.70. The summed E-state index contributed by atoms with van der Waals surface area (Å²) in [6.45, 7) is 4.06. The third-order valence-electron chi connectivity index (χ3n) is 3.97. The van der Waals surface area contributed by atoms with Gasteiger partial charge in [0.05, 0.1) is 11.5 Å². The van der Waals surface area contributed by atoms with Gasteiger partial charge in [-0.25, -0.2) is 18.4 Å². The lowest BCUT2D eigenvalue weighted by Crippen LogP contribution is -2.34. The molecule has 1 atom stereocenters.